The topological polar surface area (TPSA) is 58.6 Å². The molecule has 4 nitrogen and oxygen atoms in total. The summed E-state index contributed by atoms with van der Waals surface area (Å²) in [7, 11) is 0. The van der Waals surface area contributed by atoms with Crippen molar-refractivity contribution in [1.29, 1.82) is 0 Å². The van der Waals surface area contributed by atoms with Crippen molar-refractivity contribution in [1.82, 2.24) is 5.32 Å². The van der Waals surface area contributed by atoms with Gasteiger partial charge >= 0.3 is 0 Å². The second kappa shape index (κ2) is 6.57. The van der Waals surface area contributed by atoms with Crippen LogP contribution in [0.25, 0.3) is 0 Å². The van der Waals surface area contributed by atoms with E-state index >= 15 is 0 Å². The maximum Gasteiger partial charge on any atom is 0.261 e. The van der Waals surface area contributed by atoms with Crippen LogP contribution in [-0.4, -0.2) is 23.7 Å². The first-order valence-electron chi connectivity index (χ1n) is 6.98. The van der Waals surface area contributed by atoms with Gasteiger partial charge in [-0.05, 0) is 49.4 Å². The van der Waals surface area contributed by atoms with Crippen LogP contribution in [0.4, 0.5) is 0 Å². The van der Waals surface area contributed by atoms with E-state index in [1.807, 2.05) is 18.2 Å². The number of hydrogen-bond acceptors (Lipinski definition) is 3. The van der Waals surface area contributed by atoms with Gasteiger partial charge in [-0.25, -0.2) is 0 Å². The molecule has 20 heavy (non-hydrogen) atoms. The van der Waals surface area contributed by atoms with E-state index in [1.165, 1.54) is 5.56 Å². The molecule has 2 rings (SSSR count). The molecule has 1 aliphatic carbocycles. The summed E-state index contributed by atoms with van der Waals surface area (Å²) in [6.07, 6.45) is 3.41. The molecular formula is C16H21NO3. The molecule has 1 aromatic rings. The van der Waals surface area contributed by atoms with Crippen LogP contribution in [-0.2, 0) is 11.2 Å². The van der Waals surface area contributed by atoms with Crippen LogP contribution in [0.3, 0.4) is 0 Å². The number of nitrogens with one attached hydrogen (secondary N) is 1. The summed E-state index contributed by atoms with van der Waals surface area (Å²) in [5.74, 6) is 0.439. The summed E-state index contributed by atoms with van der Waals surface area (Å²) < 4.78 is 5.63. The Morgan fingerprint density at radius 1 is 1.65 bits per heavy atom. The van der Waals surface area contributed by atoms with Gasteiger partial charge in [0.25, 0.3) is 5.91 Å². The van der Waals surface area contributed by atoms with E-state index < -0.39 is 12.2 Å². The maximum atomic E-state index is 11.7. The highest BCUT2D eigenvalue weighted by molar-refractivity contribution is 5.80. The van der Waals surface area contributed by atoms with E-state index in [0.717, 1.165) is 24.8 Å². The smallest absolute Gasteiger partial charge is 0.261 e. The lowest BCUT2D eigenvalue weighted by Gasteiger charge is -2.22. The fraction of sp³-hybridized carbons (Fsp3) is 0.438. The number of carbonyl (C=O) groups is 1. The van der Waals surface area contributed by atoms with Gasteiger partial charge in [0, 0.05) is 6.54 Å². The van der Waals surface area contributed by atoms with Gasteiger partial charge in [-0.2, -0.15) is 0 Å². The molecule has 0 fully saturated rings. The fourth-order valence-corrected chi connectivity index (χ4v) is 2.40. The molecule has 2 N–H and O–H groups in total. The molecule has 0 saturated carbocycles. The van der Waals surface area contributed by atoms with Crippen LogP contribution < -0.4 is 10.1 Å². The van der Waals surface area contributed by atoms with E-state index in [9.17, 15) is 9.90 Å². The summed E-state index contributed by atoms with van der Waals surface area (Å²) in [6, 6.07) is 5.67. The molecule has 4 heteroatoms. The molecule has 0 spiro atoms. The highest BCUT2D eigenvalue weighted by Crippen LogP contribution is 2.32. The van der Waals surface area contributed by atoms with E-state index in [0.29, 0.717) is 12.3 Å². The Hall–Kier alpha value is -1.81. The first kappa shape index (κ1) is 14.6. The number of benzene rings is 1. The number of aryl methyl sites for hydroxylation is 1. The Bertz CT molecular complexity index is 498. The normalized spacial score (nSPS) is 18.8. The van der Waals surface area contributed by atoms with Crippen molar-refractivity contribution in [3.63, 3.8) is 0 Å². The largest absolute Gasteiger partial charge is 0.481 e. The van der Waals surface area contributed by atoms with Crippen molar-refractivity contribution in [3.8, 4) is 5.75 Å². The number of hydrogen-bond donors (Lipinski definition) is 2. The second-order valence-corrected chi connectivity index (χ2v) is 5.06. The Kier molecular flexibility index (Phi) is 4.79. The molecule has 0 radical (unpaired) electrons. The SMILES string of the molecule is C=CCNC(=O)C(C)Oc1ccc2c(c1)[C@@H](O)CCC2. The zero-order valence-corrected chi connectivity index (χ0v) is 11.8. The average Bonchev–Trinajstić information content (AvgIpc) is 2.45. The number of carbonyl (C=O) groups excluding carboxylic acids is 1. The lowest BCUT2D eigenvalue weighted by molar-refractivity contribution is -0.127. The molecule has 1 amide bonds. The lowest BCUT2D eigenvalue weighted by atomic mass is 9.89. The zero-order valence-electron chi connectivity index (χ0n) is 11.8. The van der Waals surface area contributed by atoms with Gasteiger partial charge < -0.3 is 15.2 Å². The highest BCUT2D eigenvalue weighted by Gasteiger charge is 2.20. The minimum atomic E-state index is -0.575. The van der Waals surface area contributed by atoms with E-state index in [2.05, 4.69) is 11.9 Å². The van der Waals surface area contributed by atoms with Crippen molar-refractivity contribution < 1.29 is 14.6 Å². The molecule has 1 aromatic carbocycles. The van der Waals surface area contributed by atoms with Gasteiger partial charge in [0.2, 0.25) is 0 Å². The van der Waals surface area contributed by atoms with Crippen LogP contribution in [0.1, 0.15) is 37.0 Å². The number of aliphatic hydroxyl groups excluding tert-OH is 1. The molecule has 0 bridgehead atoms. The van der Waals surface area contributed by atoms with Crippen molar-refractivity contribution in [2.45, 2.75) is 38.4 Å². The van der Waals surface area contributed by atoms with Gasteiger partial charge in [-0.15, -0.1) is 6.58 Å². The van der Waals surface area contributed by atoms with Crippen LogP contribution in [0.5, 0.6) is 5.75 Å². The van der Waals surface area contributed by atoms with Gasteiger partial charge in [0.1, 0.15) is 5.75 Å². The monoisotopic (exact) mass is 275 g/mol. The van der Waals surface area contributed by atoms with Crippen molar-refractivity contribution in [2.75, 3.05) is 6.54 Å². The molecule has 0 aliphatic heterocycles. The van der Waals surface area contributed by atoms with Gasteiger partial charge in [-0.3, -0.25) is 4.79 Å². The predicted octanol–water partition coefficient (Wildman–Crippen LogP) is 2.13. The maximum absolute atomic E-state index is 11.7. The fourth-order valence-electron chi connectivity index (χ4n) is 2.40. The van der Waals surface area contributed by atoms with Crippen LogP contribution >= 0.6 is 0 Å². The Balaban J connectivity index is 2.04. The van der Waals surface area contributed by atoms with Gasteiger partial charge in [0.15, 0.2) is 6.10 Å². The summed E-state index contributed by atoms with van der Waals surface area (Å²) >= 11 is 0. The third-order valence-electron chi connectivity index (χ3n) is 3.50. The molecule has 1 unspecified atom stereocenters. The number of ether oxygens (including phenoxy) is 1. The minimum absolute atomic E-state index is 0.178. The highest BCUT2D eigenvalue weighted by atomic mass is 16.5. The van der Waals surface area contributed by atoms with Crippen molar-refractivity contribution in [3.05, 3.63) is 42.0 Å². The Labute approximate surface area is 119 Å². The van der Waals surface area contributed by atoms with Crippen LogP contribution in [0.2, 0.25) is 0 Å². The number of fused-ring (bicyclic) bond motifs is 1. The lowest BCUT2D eigenvalue weighted by Crippen LogP contribution is -2.36. The van der Waals surface area contributed by atoms with Crippen LogP contribution in [0, 0.1) is 0 Å². The minimum Gasteiger partial charge on any atom is -0.481 e. The number of rotatable bonds is 5. The predicted molar refractivity (Wildman–Crippen MR) is 77.6 cm³/mol. The molecule has 2 atom stereocenters. The molecule has 0 aromatic heterocycles. The van der Waals surface area contributed by atoms with Crippen LogP contribution in [0.15, 0.2) is 30.9 Å². The summed E-state index contributed by atoms with van der Waals surface area (Å²) in [6.45, 7) is 5.68. The first-order valence-corrected chi connectivity index (χ1v) is 6.98. The molecule has 0 heterocycles. The van der Waals surface area contributed by atoms with Gasteiger partial charge in [0.05, 0.1) is 6.10 Å². The Morgan fingerprint density at radius 3 is 3.20 bits per heavy atom. The number of aliphatic hydroxyl groups is 1. The van der Waals surface area contributed by atoms with E-state index in [1.54, 1.807) is 13.0 Å². The third-order valence-corrected chi connectivity index (χ3v) is 3.50. The quantitative estimate of drug-likeness (QED) is 0.809. The molecule has 0 saturated heterocycles. The Morgan fingerprint density at radius 2 is 2.45 bits per heavy atom. The number of amides is 1. The van der Waals surface area contributed by atoms with Crippen molar-refractivity contribution >= 4 is 5.91 Å². The molecule has 108 valence electrons. The standard InChI is InChI=1S/C16H21NO3/c1-3-9-17-16(19)11(2)20-13-8-7-12-5-4-6-15(18)14(12)10-13/h3,7-8,10-11,15,18H,1,4-6,9H2,2H3,(H,17,19)/t11?,15-/m0/s1. The average molecular weight is 275 g/mol. The zero-order chi connectivity index (χ0) is 14.5. The molecule has 1 aliphatic rings. The summed E-state index contributed by atoms with van der Waals surface area (Å²) in [5.41, 5.74) is 2.09. The van der Waals surface area contributed by atoms with E-state index in [4.69, 9.17) is 4.74 Å². The second-order valence-electron chi connectivity index (χ2n) is 5.06. The first-order chi connectivity index (χ1) is 9.61. The van der Waals surface area contributed by atoms with Gasteiger partial charge in [-0.1, -0.05) is 12.1 Å². The summed E-state index contributed by atoms with van der Waals surface area (Å²) in [4.78, 5) is 11.7. The third kappa shape index (κ3) is 3.39. The van der Waals surface area contributed by atoms with E-state index in [-0.39, 0.29) is 5.91 Å². The summed E-state index contributed by atoms with van der Waals surface area (Å²) in [5, 5.41) is 12.7. The van der Waals surface area contributed by atoms with Crippen molar-refractivity contribution in [2.24, 2.45) is 0 Å². The molecular weight excluding hydrogens is 254 g/mol.